The largest absolute Gasteiger partial charge is 0.434 e. The third kappa shape index (κ3) is 3.40. The van der Waals surface area contributed by atoms with Gasteiger partial charge in [-0.2, -0.15) is 8.78 Å². The van der Waals surface area contributed by atoms with Gasteiger partial charge in [-0.15, -0.1) is 0 Å². The van der Waals surface area contributed by atoms with Crippen LogP contribution in [-0.2, 0) is 10.3 Å². The number of hydrogen-bond acceptors (Lipinski definition) is 3. The molecule has 0 aliphatic carbocycles. The van der Waals surface area contributed by atoms with Crippen LogP contribution in [-0.4, -0.2) is 19.6 Å². The second kappa shape index (κ2) is 5.77. The van der Waals surface area contributed by atoms with Crippen molar-refractivity contribution in [2.24, 2.45) is 5.73 Å². The number of benzene rings is 1. The minimum Gasteiger partial charge on any atom is -0.434 e. The van der Waals surface area contributed by atoms with Gasteiger partial charge in [0.1, 0.15) is 5.75 Å². The topological polar surface area (TPSA) is 64.3 Å². The fourth-order valence-electron chi connectivity index (χ4n) is 1.79. The van der Waals surface area contributed by atoms with Gasteiger partial charge in [-0.3, -0.25) is 4.79 Å². The van der Waals surface area contributed by atoms with E-state index in [1.807, 2.05) is 0 Å². The number of para-hydroxylation sites is 1. The molecule has 18 heavy (non-hydrogen) atoms. The van der Waals surface area contributed by atoms with Gasteiger partial charge in [0, 0.05) is 12.0 Å². The monoisotopic (exact) mass is 258 g/mol. The molecule has 100 valence electrons. The van der Waals surface area contributed by atoms with Crippen molar-refractivity contribution in [3.63, 3.8) is 0 Å². The van der Waals surface area contributed by atoms with E-state index in [2.05, 4.69) is 10.1 Å². The van der Waals surface area contributed by atoms with Crippen molar-refractivity contribution in [2.45, 2.75) is 25.5 Å². The molecule has 6 heteroatoms. The van der Waals surface area contributed by atoms with Crippen LogP contribution in [0.1, 0.15) is 18.9 Å². The van der Waals surface area contributed by atoms with Crippen LogP contribution in [0.2, 0.25) is 0 Å². The number of primary amides is 1. The first-order valence-corrected chi connectivity index (χ1v) is 5.40. The SMILES string of the molecule is CNC(C)(CC(N)=O)c1ccccc1OC(F)F. The number of halogens is 2. The predicted octanol–water partition coefficient (Wildman–Crippen LogP) is 1.60. The quantitative estimate of drug-likeness (QED) is 0.814. The third-order valence-electron chi connectivity index (χ3n) is 2.78. The maximum Gasteiger partial charge on any atom is 0.387 e. The Kier molecular flexibility index (Phi) is 4.61. The highest BCUT2D eigenvalue weighted by atomic mass is 19.3. The van der Waals surface area contributed by atoms with Gasteiger partial charge in [-0.05, 0) is 20.0 Å². The Labute approximate surface area is 104 Å². The zero-order chi connectivity index (χ0) is 13.8. The number of carbonyl (C=O) groups is 1. The summed E-state index contributed by atoms with van der Waals surface area (Å²) >= 11 is 0. The fourth-order valence-corrected chi connectivity index (χ4v) is 1.79. The summed E-state index contributed by atoms with van der Waals surface area (Å²) in [6.45, 7) is -1.22. The van der Waals surface area contributed by atoms with Gasteiger partial charge >= 0.3 is 6.61 Å². The molecule has 0 bridgehead atoms. The number of hydrogen-bond donors (Lipinski definition) is 2. The van der Waals surface area contributed by atoms with Crippen LogP contribution in [0.4, 0.5) is 8.78 Å². The molecule has 0 aliphatic heterocycles. The lowest BCUT2D eigenvalue weighted by Gasteiger charge is -2.30. The molecule has 1 amide bonds. The molecule has 1 unspecified atom stereocenters. The molecule has 1 aromatic rings. The molecule has 0 spiro atoms. The summed E-state index contributed by atoms with van der Waals surface area (Å²) in [5, 5.41) is 2.91. The van der Waals surface area contributed by atoms with E-state index in [9.17, 15) is 13.6 Å². The third-order valence-corrected chi connectivity index (χ3v) is 2.78. The van der Waals surface area contributed by atoms with Gasteiger partial charge in [0.15, 0.2) is 0 Å². The molecule has 0 saturated heterocycles. The molecule has 0 fully saturated rings. The van der Waals surface area contributed by atoms with E-state index in [0.717, 1.165) is 0 Å². The minimum absolute atomic E-state index is 0.0207. The molecule has 0 saturated carbocycles. The van der Waals surface area contributed by atoms with Crippen LogP contribution < -0.4 is 15.8 Å². The Bertz CT molecular complexity index is 426. The van der Waals surface area contributed by atoms with Crippen LogP contribution >= 0.6 is 0 Å². The van der Waals surface area contributed by atoms with Crippen molar-refractivity contribution in [3.8, 4) is 5.75 Å². The van der Waals surface area contributed by atoms with Crippen LogP contribution in [0.5, 0.6) is 5.75 Å². The van der Waals surface area contributed by atoms with E-state index < -0.39 is 18.1 Å². The smallest absolute Gasteiger partial charge is 0.387 e. The van der Waals surface area contributed by atoms with Gasteiger partial charge in [-0.25, -0.2) is 0 Å². The maximum absolute atomic E-state index is 12.3. The normalized spacial score (nSPS) is 14.3. The van der Waals surface area contributed by atoms with E-state index in [-0.39, 0.29) is 12.2 Å². The Morgan fingerprint density at radius 1 is 1.50 bits per heavy atom. The molecule has 3 N–H and O–H groups in total. The minimum atomic E-state index is -2.92. The number of ether oxygens (including phenoxy) is 1. The fraction of sp³-hybridized carbons (Fsp3) is 0.417. The van der Waals surface area contributed by atoms with Crippen LogP contribution in [0.15, 0.2) is 24.3 Å². The lowest BCUT2D eigenvalue weighted by Crippen LogP contribution is -2.41. The molecular formula is C12H16F2N2O2. The summed E-state index contributed by atoms with van der Waals surface area (Å²) in [7, 11) is 1.63. The number of rotatable bonds is 6. The average Bonchev–Trinajstić information content (AvgIpc) is 2.27. The molecular weight excluding hydrogens is 242 g/mol. The first-order chi connectivity index (χ1) is 8.39. The molecule has 0 heterocycles. The first kappa shape index (κ1) is 14.4. The molecule has 1 atom stereocenters. The zero-order valence-electron chi connectivity index (χ0n) is 10.2. The average molecular weight is 258 g/mol. The summed E-state index contributed by atoms with van der Waals surface area (Å²) < 4.78 is 29.1. The lowest BCUT2D eigenvalue weighted by molar-refractivity contribution is -0.119. The van der Waals surface area contributed by atoms with E-state index in [0.29, 0.717) is 5.56 Å². The Balaban J connectivity index is 3.15. The Morgan fingerprint density at radius 3 is 2.61 bits per heavy atom. The second-order valence-corrected chi connectivity index (χ2v) is 4.10. The van der Waals surface area contributed by atoms with Gasteiger partial charge in [-0.1, -0.05) is 18.2 Å². The van der Waals surface area contributed by atoms with Crippen LogP contribution in [0, 0.1) is 0 Å². The second-order valence-electron chi connectivity index (χ2n) is 4.10. The van der Waals surface area contributed by atoms with Crippen molar-refractivity contribution >= 4 is 5.91 Å². The molecule has 0 aromatic heterocycles. The molecule has 0 radical (unpaired) electrons. The van der Waals surface area contributed by atoms with Gasteiger partial charge in [0.25, 0.3) is 0 Å². The highest BCUT2D eigenvalue weighted by molar-refractivity contribution is 5.75. The van der Waals surface area contributed by atoms with Crippen molar-refractivity contribution in [1.29, 1.82) is 0 Å². The van der Waals surface area contributed by atoms with Crippen molar-refractivity contribution in [1.82, 2.24) is 5.32 Å². The summed E-state index contributed by atoms with van der Waals surface area (Å²) in [5.41, 5.74) is 4.79. The van der Waals surface area contributed by atoms with Crippen LogP contribution in [0.25, 0.3) is 0 Å². The maximum atomic E-state index is 12.3. The number of nitrogens with one attached hydrogen (secondary N) is 1. The van der Waals surface area contributed by atoms with Gasteiger partial charge in [0.2, 0.25) is 5.91 Å². The summed E-state index contributed by atoms with van der Waals surface area (Å²) in [6.07, 6.45) is -0.0207. The molecule has 0 aliphatic rings. The molecule has 1 aromatic carbocycles. The van der Waals surface area contributed by atoms with Crippen molar-refractivity contribution in [3.05, 3.63) is 29.8 Å². The first-order valence-electron chi connectivity index (χ1n) is 5.40. The number of carbonyl (C=O) groups excluding carboxylic acids is 1. The summed E-state index contributed by atoms with van der Waals surface area (Å²) in [5.74, 6) is -0.496. The predicted molar refractivity (Wildman–Crippen MR) is 63.3 cm³/mol. The molecule has 1 rings (SSSR count). The van der Waals surface area contributed by atoms with Crippen molar-refractivity contribution < 1.29 is 18.3 Å². The standard InChI is InChI=1S/C12H16F2N2O2/c1-12(16-2,7-10(15)17)8-5-3-4-6-9(8)18-11(13)14/h3-6,11,16H,7H2,1-2H3,(H2,15,17). The number of nitrogens with two attached hydrogens (primary N) is 1. The van der Waals surface area contributed by atoms with E-state index in [4.69, 9.17) is 5.73 Å². The zero-order valence-corrected chi connectivity index (χ0v) is 10.2. The summed E-state index contributed by atoms with van der Waals surface area (Å²) in [4.78, 5) is 11.1. The van der Waals surface area contributed by atoms with Crippen molar-refractivity contribution in [2.75, 3.05) is 7.05 Å². The van der Waals surface area contributed by atoms with Crippen LogP contribution in [0.3, 0.4) is 0 Å². The lowest BCUT2D eigenvalue weighted by atomic mass is 9.88. The van der Waals surface area contributed by atoms with E-state index >= 15 is 0 Å². The summed E-state index contributed by atoms with van der Waals surface area (Å²) in [6, 6.07) is 6.32. The Hall–Kier alpha value is -1.69. The molecule has 4 nitrogen and oxygen atoms in total. The van der Waals surface area contributed by atoms with Gasteiger partial charge in [0.05, 0.1) is 5.54 Å². The number of alkyl halides is 2. The highest BCUT2D eigenvalue weighted by Crippen LogP contribution is 2.32. The highest BCUT2D eigenvalue weighted by Gasteiger charge is 2.30. The van der Waals surface area contributed by atoms with E-state index in [1.165, 1.54) is 6.07 Å². The van der Waals surface area contributed by atoms with Gasteiger partial charge < -0.3 is 15.8 Å². The Morgan fingerprint density at radius 2 is 2.11 bits per heavy atom. The number of amides is 1. The van der Waals surface area contributed by atoms with E-state index in [1.54, 1.807) is 32.2 Å².